The molecule has 2 rings (SSSR count). The second kappa shape index (κ2) is 8.51. The summed E-state index contributed by atoms with van der Waals surface area (Å²) in [5.41, 5.74) is 1.34. The monoisotopic (exact) mass is 358 g/mol. The van der Waals surface area contributed by atoms with E-state index in [0.29, 0.717) is 17.9 Å². The summed E-state index contributed by atoms with van der Waals surface area (Å²) in [6, 6.07) is 6.32. The van der Waals surface area contributed by atoms with Crippen molar-refractivity contribution < 1.29 is 14.3 Å². The zero-order chi connectivity index (χ0) is 19.3. The summed E-state index contributed by atoms with van der Waals surface area (Å²) in [5, 5.41) is 6.96. The lowest BCUT2D eigenvalue weighted by Gasteiger charge is -2.27. The van der Waals surface area contributed by atoms with E-state index < -0.39 is 6.04 Å². The van der Waals surface area contributed by atoms with Gasteiger partial charge in [-0.2, -0.15) is 5.10 Å². The summed E-state index contributed by atoms with van der Waals surface area (Å²) in [4.78, 5) is 27.1. The first-order chi connectivity index (χ1) is 12.3. The maximum absolute atomic E-state index is 12.9. The van der Waals surface area contributed by atoms with Crippen molar-refractivity contribution in [2.75, 3.05) is 14.2 Å². The summed E-state index contributed by atoms with van der Waals surface area (Å²) in [6.07, 6.45) is 3.59. The first-order valence-corrected chi connectivity index (χ1v) is 8.49. The van der Waals surface area contributed by atoms with Crippen LogP contribution in [-0.4, -0.2) is 46.7 Å². The van der Waals surface area contributed by atoms with Crippen molar-refractivity contribution in [2.24, 2.45) is 13.0 Å². The van der Waals surface area contributed by atoms with Gasteiger partial charge in [0.1, 0.15) is 11.8 Å². The van der Waals surface area contributed by atoms with Gasteiger partial charge in [-0.1, -0.05) is 26.0 Å². The van der Waals surface area contributed by atoms with Crippen LogP contribution in [0.3, 0.4) is 0 Å². The summed E-state index contributed by atoms with van der Waals surface area (Å²) in [6.45, 7) is 4.24. The second-order valence-electron chi connectivity index (χ2n) is 6.61. The molecule has 140 valence electrons. The zero-order valence-electron chi connectivity index (χ0n) is 15.9. The number of carbonyl (C=O) groups is 2. The van der Waals surface area contributed by atoms with Crippen molar-refractivity contribution in [3.8, 4) is 5.75 Å². The van der Waals surface area contributed by atoms with Gasteiger partial charge in [-0.05, 0) is 18.1 Å². The van der Waals surface area contributed by atoms with E-state index in [4.69, 9.17) is 4.74 Å². The standard InChI is InChI=1S/C19H26N4O3/c1-13(2)17(19(25)22(3)11-14-10-20-23(4)12-14)21-18(24)15-8-6-7-9-16(15)26-5/h6-10,12-13,17H,11H2,1-5H3,(H,21,24). The molecule has 1 atom stereocenters. The Labute approximate surface area is 153 Å². The topological polar surface area (TPSA) is 76.5 Å². The van der Waals surface area contributed by atoms with Crippen LogP contribution >= 0.6 is 0 Å². The number of aromatic nitrogens is 2. The molecular formula is C19H26N4O3. The third kappa shape index (κ3) is 4.62. The first kappa shape index (κ1) is 19.5. The lowest BCUT2D eigenvalue weighted by molar-refractivity contribution is -0.133. The normalized spacial score (nSPS) is 11.9. The average molecular weight is 358 g/mol. The molecule has 2 aromatic rings. The highest BCUT2D eigenvalue weighted by Gasteiger charge is 2.28. The molecule has 1 heterocycles. The lowest BCUT2D eigenvalue weighted by atomic mass is 10.0. The molecule has 1 aromatic carbocycles. The van der Waals surface area contributed by atoms with Gasteiger partial charge in [0, 0.05) is 32.4 Å². The number of hydrogen-bond donors (Lipinski definition) is 1. The van der Waals surface area contributed by atoms with E-state index in [2.05, 4.69) is 10.4 Å². The van der Waals surface area contributed by atoms with Gasteiger partial charge in [0.2, 0.25) is 5.91 Å². The molecule has 0 bridgehead atoms. The fraction of sp³-hybridized carbons (Fsp3) is 0.421. The van der Waals surface area contributed by atoms with Crippen molar-refractivity contribution in [3.05, 3.63) is 47.8 Å². The molecule has 0 saturated carbocycles. The van der Waals surface area contributed by atoms with E-state index in [1.54, 1.807) is 47.1 Å². The Kier molecular flexibility index (Phi) is 6.38. The van der Waals surface area contributed by atoms with Gasteiger partial charge in [0.25, 0.3) is 5.91 Å². The first-order valence-electron chi connectivity index (χ1n) is 8.49. The van der Waals surface area contributed by atoms with Crippen LogP contribution in [0.4, 0.5) is 0 Å². The van der Waals surface area contributed by atoms with Crippen molar-refractivity contribution in [3.63, 3.8) is 0 Å². The SMILES string of the molecule is COc1ccccc1C(=O)NC(C(=O)N(C)Cc1cnn(C)c1)C(C)C. The van der Waals surface area contributed by atoms with Crippen LogP contribution in [0.25, 0.3) is 0 Å². The second-order valence-corrected chi connectivity index (χ2v) is 6.61. The number of amides is 2. The van der Waals surface area contributed by atoms with Gasteiger partial charge in [-0.25, -0.2) is 0 Å². The van der Waals surface area contributed by atoms with Crippen molar-refractivity contribution in [1.82, 2.24) is 20.0 Å². The summed E-state index contributed by atoms with van der Waals surface area (Å²) in [5.74, 6) is -0.0578. The Morgan fingerprint density at radius 1 is 1.31 bits per heavy atom. The molecule has 1 aromatic heterocycles. The number of ether oxygens (including phenoxy) is 1. The summed E-state index contributed by atoms with van der Waals surface area (Å²) in [7, 11) is 5.06. The van der Waals surface area contributed by atoms with Crippen LogP contribution in [0, 0.1) is 5.92 Å². The Morgan fingerprint density at radius 2 is 2.00 bits per heavy atom. The van der Waals surface area contributed by atoms with Gasteiger partial charge in [0.05, 0.1) is 18.9 Å². The molecule has 1 N–H and O–H groups in total. The van der Waals surface area contributed by atoms with E-state index in [9.17, 15) is 9.59 Å². The van der Waals surface area contributed by atoms with Crippen LogP contribution in [0.1, 0.15) is 29.8 Å². The third-order valence-electron chi connectivity index (χ3n) is 4.13. The molecule has 2 amide bonds. The minimum atomic E-state index is -0.630. The van der Waals surface area contributed by atoms with Crippen LogP contribution in [-0.2, 0) is 18.4 Å². The maximum Gasteiger partial charge on any atom is 0.255 e. The average Bonchev–Trinajstić information content (AvgIpc) is 3.03. The van der Waals surface area contributed by atoms with Gasteiger partial charge >= 0.3 is 0 Å². The number of aryl methyl sites for hydroxylation is 1. The van der Waals surface area contributed by atoms with E-state index >= 15 is 0 Å². The van der Waals surface area contributed by atoms with E-state index in [1.807, 2.05) is 27.1 Å². The quantitative estimate of drug-likeness (QED) is 0.819. The molecule has 0 spiro atoms. The van der Waals surface area contributed by atoms with Crippen LogP contribution in [0.15, 0.2) is 36.7 Å². The molecular weight excluding hydrogens is 332 g/mol. The maximum atomic E-state index is 12.9. The van der Waals surface area contributed by atoms with Crippen molar-refractivity contribution >= 4 is 11.8 Å². The van der Waals surface area contributed by atoms with Crippen LogP contribution in [0.5, 0.6) is 5.75 Å². The number of benzene rings is 1. The predicted molar refractivity (Wildman–Crippen MR) is 98.8 cm³/mol. The van der Waals surface area contributed by atoms with Crippen LogP contribution in [0.2, 0.25) is 0 Å². The summed E-state index contributed by atoms with van der Waals surface area (Å²) >= 11 is 0. The van der Waals surface area contributed by atoms with Gasteiger partial charge in [-0.3, -0.25) is 14.3 Å². The molecule has 26 heavy (non-hydrogen) atoms. The number of nitrogens with zero attached hydrogens (tertiary/aromatic N) is 3. The highest BCUT2D eigenvalue weighted by Crippen LogP contribution is 2.18. The van der Waals surface area contributed by atoms with Gasteiger partial charge in [-0.15, -0.1) is 0 Å². The molecule has 7 heteroatoms. The van der Waals surface area contributed by atoms with E-state index in [0.717, 1.165) is 5.56 Å². The largest absolute Gasteiger partial charge is 0.496 e. The number of likely N-dealkylation sites (N-methyl/N-ethyl adjacent to an activating group) is 1. The smallest absolute Gasteiger partial charge is 0.255 e. The Hall–Kier alpha value is -2.83. The third-order valence-corrected chi connectivity index (χ3v) is 4.13. The van der Waals surface area contributed by atoms with Crippen molar-refractivity contribution in [1.29, 1.82) is 0 Å². The number of para-hydroxylation sites is 1. The molecule has 0 radical (unpaired) electrons. The highest BCUT2D eigenvalue weighted by molar-refractivity contribution is 5.99. The van der Waals surface area contributed by atoms with E-state index in [-0.39, 0.29) is 17.7 Å². The molecule has 7 nitrogen and oxygen atoms in total. The molecule has 0 fully saturated rings. The Morgan fingerprint density at radius 3 is 2.58 bits per heavy atom. The Bertz CT molecular complexity index is 770. The number of rotatable bonds is 7. The minimum absolute atomic E-state index is 0.0579. The molecule has 1 unspecified atom stereocenters. The summed E-state index contributed by atoms with van der Waals surface area (Å²) < 4.78 is 6.92. The minimum Gasteiger partial charge on any atom is -0.496 e. The molecule has 0 saturated heterocycles. The highest BCUT2D eigenvalue weighted by atomic mass is 16.5. The predicted octanol–water partition coefficient (Wildman–Crippen LogP) is 1.84. The number of nitrogens with one attached hydrogen (secondary N) is 1. The molecule has 0 aliphatic rings. The van der Waals surface area contributed by atoms with Gasteiger partial charge < -0.3 is 15.0 Å². The fourth-order valence-corrected chi connectivity index (χ4v) is 2.71. The van der Waals surface area contributed by atoms with Crippen LogP contribution < -0.4 is 10.1 Å². The lowest BCUT2D eigenvalue weighted by Crippen LogP contribution is -2.50. The number of hydrogen-bond acceptors (Lipinski definition) is 4. The zero-order valence-corrected chi connectivity index (χ0v) is 15.9. The molecule has 0 aliphatic heterocycles. The number of carbonyl (C=O) groups excluding carboxylic acids is 2. The van der Waals surface area contributed by atoms with Crippen molar-refractivity contribution in [2.45, 2.75) is 26.4 Å². The number of methoxy groups -OCH3 is 1. The van der Waals surface area contributed by atoms with E-state index in [1.165, 1.54) is 7.11 Å². The van der Waals surface area contributed by atoms with Gasteiger partial charge in [0.15, 0.2) is 0 Å². The molecule has 0 aliphatic carbocycles. The fourth-order valence-electron chi connectivity index (χ4n) is 2.71. The Balaban J connectivity index is 2.12.